The Morgan fingerprint density at radius 2 is 2.13 bits per heavy atom. The Balaban J connectivity index is 1.82. The van der Waals surface area contributed by atoms with Gasteiger partial charge >= 0.3 is 0 Å². The summed E-state index contributed by atoms with van der Waals surface area (Å²) in [5, 5.41) is 12.4. The van der Waals surface area contributed by atoms with E-state index in [9.17, 15) is 10.1 Å². The molecule has 2 aliphatic rings. The quantitative estimate of drug-likeness (QED) is 0.757. The maximum atomic E-state index is 12.3. The fourth-order valence-electron chi connectivity index (χ4n) is 3.74. The summed E-state index contributed by atoms with van der Waals surface area (Å²) in [4.78, 5) is 17.0. The number of carbonyl (C=O) groups is 1. The predicted molar refractivity (Wildman–Crippen MR) is 88.9 cm³/mol. The summed E-state index contributed by atoms with van der Waals surface area (Å²) in [5.74, 6) is -0.00588. The molecule has 0 bridgehead atoms. The second-order valence-electron chi connectivity index (χ2n) is 6.78. The molecule has 6 heteroatoms. The highest BCUT2D eigenvalue weighted by Gasteiger charge is 2.36. The van der Waals surface area contributed by atoms with Crippen LogP contribution in [0.4, 0.5) is 0 Å². The minimum absolute atomic E-state index is 0.00588. The van der Waals surface area contributed by atoms with E-state index in [0.717, 1.165) is 64.9 Å². The van der Waals surface area contributed by atoms with Gasteiger partial charge in [-0.25, -0.2) is 0 Å². The molecule has 6 nitrogen and oxygen atoms in total. The Bertz CT molecular complexity index is 429. The largest absolute Gasteiger partial charge is 0.383 e. The predicted octanol–water partition coefficient (Wildman–Crippen LogP) is 0.982. The van der Waals surface area contributed by atoms with Gasteiger partial charge < -0.3 is 10.1 Å². The van der Waals surface area contributed by atoms with Crippen LogP contribution in [0.5, 0.6) is 0 Å². The van der Waals surface area contributed by atoms with Crippen LogP contribution in [0.2, 0.25) is 0 Å². The monoisotopic (exact) mass is 322 g/mol. The molecule has 1 N–H and O–H groups in total. The molecule has 2 rings (SSSR count). The van der Waals surface area contributed by atoms with Crippen molar-refractivity contribution >= 4 is 5.91 Å². The maximum Gasteiger partial charge on any atom is 0.235 e. The SMILES string of the molecule is CC[C@H]1CN(CC(=O)NC2(C#N)CCCC2)CCN1CCOC. The fourth-order valence-corrected chi connectivity index (χ4v) is 3.74. The number of nitrogens with one attached hydrogen (secondary N) is 1. The number of ether oxygens (including phenoxy) is 1. The second-order valence-corrected chi connectivity index (χ2v) is 6.78. The number of carbonyl (C=O) groups excluding carboxylic acids is 1. The topological polar surface area (TPSA) is 68.6 Å². The Kier molecular flexibility index (Phi) is 6.82. The number of nitrogens with zero attached hydrogens (tertiary/aromatic N) is 3. The Morgan fingerprint density at radius 3 is 2.74 bits per heavy atom. The summed E-state index contributed by atoms with van der Waals surface area (Å²) in [6.45, 7) is 7.07. The zero-order chi connectivity index (χ0) is 16.7. The lowest BCUT2D eigenvalue weighted by molar-refractivity contribution is -0.124. The third-order valence-corrected chi connectivity index (χ3v) is 5.16. The lowest BCUT2D eigenvalue weighted by atomic mass is 10.00. The van der Waals surface area contributed by atoms with Gasteiger partial charge in [-0.2, -0.15) is 5.26 Å². The van der Waals surface area contributed by atoms with Gasteiger partial charge in [0.1, 0.15) is 5.54 Å². The first-order valence-corrected chi connectivity index (χ1v) is 8.80. The molecule has 0 radical (unpaired) electrons. The average Bonchev–Trinajstić information content (AvgIpc) is 3.02. The van der Waals surface area contributed by atoms with Gasteiger partial charge in [0.15, 0.2) is 0 Å². The van der Waals surface area contributed by atoms with Crippen molar-refractivity contribution in [2.24, 2.45) is 0 Å². The lowest BCUT2D eigenvalue weighted by Gasteiger charge is -2.41. The maximum absolute atomic E-state index is 12.3. The third-order valence-electron chi connectivity index (χ3n) is 5.16. The molecule has 130 valence electrons. The van der Waals surface area contributed by atoms with Crippen LogP contribution in [-0.2, 0) is 9.53 Å². The number of methoxy groups -OCH3 is 1. The summed E-state index contributed by atoms with van der Waals surface area (Å²) in [6.07, 6.45) is 4.72. The van der Waals surface area contributed by atoms with Crippen LogP contribution in [0.25, 0.3) is 0 Å². The molecular formula is C17H30N4O2. The zero-order valence-electron chi connectivity index (χ0n) is 14.5. The van der Waals surface area contributed by atoms with E-state index < -0.39 is 5.54 Å². The molecule has 0 aromatic rings. The van der Waals surface area contributed by atoms with E-state index in [1.165, 1.54) is 0 Å². The molecule has 0 aromatic heterocycles. The molecule has 1 aliphatic carbocycles. The van der Waals surface area contributed by atoms with Gasteiger partial charge in [-0.15, -0.1) is 0 Å². The van der Waals surface area contributed by atoms with E-state index in [2.05, 4.69) is 28.1 Å². The van der Waals surface area contributed by atoms with E-state index in [4.69, 9.17) is 4.74 Å². The van der Waals surface area contributed by atoms with Crippen LogP contribution < -0.4 is 5.32 Å². The van der Waals surface area contributed by atoms with Crippen LogP contribution >= 0.6 is 0 Å². The minimum Gasteiger partial charge on any atom is -0.383 e. The van der Waals surface area contributed by atoms with Gasteiger partial charge in [0.05, 0.1) is 19.2 Å². The first-order valence-electron chi connectivity index (χ1n) is 8.80. The molecule has 0 unspecified atom stereocenters. The minimum atomic E-state index is -0.610. The summed E-state index contributed by atoms with van der Waals surface area (Å²) in [5.41, 5.74) is -0.610. The molecule has 0 spiro atoms. The van der Waals surface area contributed by atoms with Gasteiger partial charge in [0, 0.05) is 39.3 Å². The van der Waals surface area contributed by atoms with Gasteiger partial charge in [-0.05, 0) is 32.1 Å². The molecule has 23 heavy (non-hydrogen) atoms. The average molecular weight is 322 g/mol. The molecule has 1 amide bonds. The molecule has 1 saturated carbocycles. The van der Waals surface area contributed by atoms with E-state index >= 15 is 0 Å². The highest BCUT2D eigenvalue weighted by molar-refractivity contribution is 5.79. The normalized spacial score (nSPS) is 25.2. The van der Waals surface area contributed by atoms with Gasteiger partial charge in [-0.1, -0.05) is 6.92 Å². The lowest BCUT2D eigenvalue weighted by Crippen LogP contribution is -2.56. The number of hydrogen-bond donors (Lipinski definition) is 1. The summed E-state index contributed by atoms with van der Waals surface area (Å²) in [6, 6.07) is 2.80. The number of rotatable bonds is 7. The van der Waals surface area contributed by atoms with E-state index in [0.29, 0.717) is 12.6 Å². The molecule has 1 atom stereocenters. The fraction of sp³-hybridized carbons (Fsp3) is 0.882. The van der Waals surface area contributed by atoms with E-state index in [1.54, 1.807) is 7.11 Å². The Labute approximate surface area is 139 Å². The number of amides is 1. The van der Waals surface area contributed by atoms with Gasteiger partial charge in [0.2, 0.25) is 5.91 Å². The van der Waals surface area contributed by atoms with Crippen molar-refractivity contribution in [2.45, 2.75) is 50.6 Å². The van der Waals surface area contributed by atoms with Crippen molar-refractivity contribution in [3.8, 4) is 6.07 Å². The van der Waals surface area contributed by atoms with Crippen LogP contribution in [-0.4, -0.2) is 73.7 Å². The third kappa shape index (κ3) is 4.90. The van der Waals surface area contributed by atoms with E-state index in [1.807, 2.05) is 0 Å². The second kappa shape index (κ2) is 8.62. The highest BCUT2D eigenvalue weighted by Crippen LogP contribution is 2.28. The van der Waals surface area contributed by atoms with Crippen molar-refractivity contribution in [1.29, 1.82) is 5.26 Å². The Morgan fingerprint density at radius 1 is 1.39 bits per heavy atom. The summed E-state index contributed by atoms with van der Waals surface area (Å²) >= 11 is 0. The molecular weight excluding hydrogens is 292 g/mol. The van der Waals surface area contributed by atoms with Gasteiger partial charge in [-0.3, -0.25) is 14.6 Å². The van der Waals surface area contributed by atoms with Crippen LogP contribution in [0, 0.1) is 11.3 Å². The number of hydrogen-bond acceptors (Lipinski definition) is 5. The first kappa shape index (κ1) is 18.2. The number of piperazine rings is 1. The van der Waals surface area contributed by atoms with Crippen LogP contribution in [0.15, 0.2) is 0 Å². The summed E-state index contributed by atoms with van der Waals surface area (Å²) in [7, 11) is 1.73. The Hall–Kier alpha value is -1.16. The molecule has 1 saturated heterocycles. The van der Waals surface area contributed by atoms with Crippen molar-refractivity contribution in [3.63, 3.8) is 0 Å². The summed E-state index contributed by atoms with van der Waals surface area (Å²) < 4.78 is 5.18. The molecule has 0 aromatic carbocycles. The zero-order valence-corrected chi connectivity index (χ0v) is 14.5. The van der Waals surface area contributed by atoms with Crippen molar-refractivity contribution in [3.05, 3.63) is 0 Å². The van der Waals surface area contributed by atoms with Crippen molar-refractivity contribution in [1.82, 2.24) is 15.1 Å². The molecule has 1 heterocycles. The molecule has 1 aliphatic heterocycles. The highest BCUT2D eigenvalue weighted by atomic mass is 16.5. The molecule has 2 fully saturated rings. The first-order chi connectivity index (χ1) is 11.1. The van der Waals surface area contributed by atoms with Gasteiger partial charge in [0.25, 0.3) is 0 Å². The standard InChI is InChI=1S/C17H30N4O2/c1-3-15-12-20(8-9-21(15)10-11-23-2)13-16(22)19-17(14-18)6-4-5-7-17/h15H,3-13H2,1-2H3,(H,19,22)/t15-/m0/s1. The van der Waals surface area contributed by atoms with Crippen molar-refractivity contribution in [2.75, 3.05) is 46.4 Å². The van der Waals surface area contributed by atoms with Crippen LogP contribution in [0.3, 0.4) is 0 Å². The number of nitriles is 1. The van der Waals surface area contributed by atoms with Crippen LogP contribution in [0.1, 0.15) is 39.0 Å². The van der Waals surface area contributed by atoms with E-state index in [-0.39, 0.29) is 5.91 Å². The van der Waals surface area contributed by atoms with Crippen molar-refractivity contribution < 1.29 is 9.53 Å². The smallest absolute Gasteiger partial charge is 0.235 e.